The Bertz CT molecular complexity index is 282. The van der Waals surface area contributed by atoms with Gasteiger partial charge in [-0.05, 0) is 11.8 Å². The maximum atomic E-state index is 9.41. The predicted molar refractivity (Wildman–Crippen MR) is 53.6 cm³/mol. The largest absolute Gasteiger partial charge is 0.387 e. The van der Waals surface area contributed by atoms with Crippen LogP contribution >= 0.6 is 6.72 Å². The van der Waals surface area contributed by atoms with Gasteiger partial charge in [-0.25, -0.2) is 0 Å². The molecule has 0 aromatic heterocycles. The van der Waals surface area contributed by atoms with E-state index in [0.717, 1.165) is 0 Å². The highest BCUT2D eigenvalue weighted by Gasteiger charge is 2.43. The molecule has 0 amide bonds. The van der Waals surface area contributed by atoms with E-state index in [1.165, 1.54) is 0 Å². The van der Waals surface area contributed by atoms with E-state index in [9.17, 15) is 10.2 Å². The summed E-state index contributed by atoms with van der Waals surface area (Å²) in [6.07, 6.45) is -7.69. The fourth-order valence-corrected chi connectivity index (χ4v) is 1.76. The lowest BCUT2D eigenvalue weighted by Gasteiger charge is -2.38. The van der Waals surface area contributed by atoms with Crippen LogP contribution in [0.5, 0.6) is 0 Å². The van der Waals surface area contributed by atoms with Crippen molar-refractivity contribution in [2.75, 3.05) is 6.61 Å². The molecule has 0 bridgehead atoms. The summed E-state index contributed by atoms with van der Waals surface area (Å²) in [5, 5.41) is 36.9. The Kier molecular flexibility index (Phi) is 4.78. The smallest absolute Gasteiger partial charge is 0.321 e. The van der Waals surface area contributed by atoms with Gasteiger partial charge in [0.1, 0.15) is 24.4 Å². The average Bonchev–Trinajstić information content (AvgIpc) is 2.17. The first-order valence-electron chi connectivity index (χ1n) is 4.30. The van der Waals surface area contributed by atoms with Crippen molar-refractivity contribution in [3.05, 3.63) is 0 Å². The predicted octanol–water partition coefficient (Wildman–Crippen LogP) is -2.99. The SMILES string of the molecule is O[C@@H]1[C@@H](O)[C@@H](O)O[C@H](COP(O)(O)=S)[C@H]1O. The topological polar surface area (TPSA) is 140 Å². The van der Waals surface area contributed by atoms with Gasteiger partial charge in [-0.3, -0.25) is 0 Å². The minimum absolute atomic E-state index is 0.522. The molecule has 1 rings (SSSR count). The molecule has 0 aromatic carbocycles. The Balaban J connectivity index is 2.57. The third-order valence-electron chi connectivity index (χ3n) is 2.09. The number of ether oxygens (including phenoxy) is 1. The van der Waals surface area contributed by atoms with Crippen molar-refractivity contribution in [1.82, 2.24) is 0 Å². The Morgan fingerprint density at radius 2 is 1.62 bits per heavy atom. The van der Waals surface area contributed by atoms with Gasteiger partial charge in [0.05, 0.1) is 6.61 Å². The lowest BCUT2D eigenvalue weighted by atomic mass is 10.00. The third-order valence-corrected chi connectivity index (χ3v) is 2.90. The van der Waals surface area contributed by atoms with Crippen molar-refractivity contribution in [2.45, 2.75) is 30.7 Å². The zero-order valence-corrected chi connectivity index (χ0v) is 9.66. The molecule has 1 aliphatic heterocycles. The second kappa shape index (κ2) is 5.32. The second-order valence-electron chi connectivity index (χ2n) is 3.32. The molecule has 8 nitrogen and oxygen atoms in total. The molecule has 1 aliphatic rings. The van der Waals surface area contributed by atoms with Crippen LogP contribution in [0.4, 0.5) is 0 Å². The fraction of sp³-hybridized carbons (Fsp3) is 1.00. The van der Waals surface area contributed by atoms with Crippen molar-refractivity contribution < 1.29 is 39.5 Å². The van der Waals surface area contributed by atoms with Gasteiger partial charge in [-0.15, -0.1) is 0 Å². The van der Waals surface area contributed by atoms with Crippen LogP contribution < -0.4 is 0 Å². The van der Waals surface area contributed by atoms with Crippen LogP contribution in [0.25, 0.3) is 0 Å². The Morgan fingerprint density at radius 1 is 1.06 bits per heavy atom. The average molecular weight is 276 g/mol. The van der Waals surface area contributed by atoms with E-state index < -0.39 is 44.0 Å². The highest BCUT2D eigenvalue weighted by atomic mass is 32.5. The first-order valence-corrected chi connectivity index (χ1v) is 6.93. The minimum atomic E-state index is -3.90. The van der Waals surface area contributed by atoms with Gasteiger partial charge in [0.25, 0.3) is 0 Å². The molecule has 0 saturated carbocycles. The zero-order chi connectivity index (χ0) is 12.5. The molecule has 10 heteroatoms. The van der Waals surface area contributed by atoms with E-state index in [1.54, 1.807) is 0 Å². The molecule has 1 fully saturated rings. The van der Waals surface area contributed by atoms with E-state index in [-0.39, 0.29) is 0 Å². The van der Waals surface area contributed by atoms with Gasteiger partial charge in [0, 0.05) is 0 Å². The fourth-order valence-electron chi connectivity index (χ4n) is 1.24. The summed E-state index contributed by atoms with van der Waals surface area (Å²) in [6, 6.07) is 0. The number of hydrogen-bond acceptors (Lipinski definition) is 7. The highest BCUT2D eigenvalue weighted by molar-refractivity contribution is 8.06. The van der Waals surface area contributed by atoms with Crippen LogP contribution in [0.1, 0.15) is 0 Å². The normalized spacial score (nSPS) is 41.0. The maximum Gasteiger partial charge on any atom is 0.321 e. The first-order chi connectivity index (χ1) is 7.22. The van der Waals surface area contributed by atoms with Gasteiger partial charge >= 0.3 is 6.72 Å². The van der Waals surface area contributed by atoms with Crippen LogP contribution in [-0.2, 0) is 21.1 Å². The molecule has 0 spiro atoms. The lowest BCUT2D eigenvalue weighted by molar-refractivity contribution is -0.285. The third kappa shape index (κ3) is 3.67. The summed E-state index contributed by atoms with van der Waals surface area (Å²) in [6.45, 7) is -4.42. The van der Waals surface area contributed by atoms with E-state index in [4.69, 9.17) is 24.7 Å². The first kappa shape index (κ1) is 14.4. The van der Waals surface area contributed by atoms with Crippen LogP contribution in [0.15, 0.2) is 0 Å². The number of aliphatic hydroxyl groups excluding tert-OH is 4. The lowest BCUT2D eigenvalue weighted by Crippen LogP contribution is -2.58. The molecule has 5 atom stereocenters. The van der Waals surface area contributed by atoms with Crippen molar-refractivity contribution >= 4 is 18.5 Å². The molecular formula is C6H13O8PS. The maximum absolute atomic E-state index is 9.41. The summed E-state index contributed by atoms with van der Waals surface area (Å²) in [4.78, 5) is 17.5. The van der Waals surface area contributed by atoms with Crippen LogP contribution in [0.3, 0.4) is 0 Å². The summed E-state index contributed by atoms with van der Waals surface area (Å²) in [5.74, 6) is 0. The summed E-state index contributed by atoms with van der Waals surface area (Å²) < 4.78 is 9.12. The van der Waals surface area contributed by atoms with Crippen LogP contribution in [0.2, 0.25) is 0 Å². The van der Waals surface area contributed by atoms with Crippen molar-refractivity contribution in [3.8, 4) is 0 Å². The quantitative estimate of drug-likeness (QED) is 0.298. The molecule has 0 radical (unpaired) electrons. The van der Waals surface area contributed by atoms with Crippen molar-refractivity contribution in [3.63, 3.8) is 0 Å². The van der Waals surface area contributed by atoms with Gasteiger partial charge in [0.15, 0.2) is 6.29 Å². The molecule has 1 saturated heterocycles. The van der Waals surface area contributed by atoms with Gasteiger partial charge in [-0.2, -0.15) is 0 Å². The summed E-state index contributed by atoms with van der Waals surface area (Å²) in [5.41, 5.74) is 0. The van der Waals surface area contributed by atoms with Crippen molar-refractivity contribution in [2.24, 2.45) is 0 Å². The molecule has 0 aliphatic carbocycles. The van der Waals surface area contributed by atoms with Crippen LogP contribution in [0, 0.1) is 0 Å². The van der Waals surface area contributed by atoms with Crippen molar-refractivity contribution in [1.29, 1.82) is 0 Å². The zero-order valence-electron chi connectivity index (χ0n) is 7.95. The Morgan fingerprint density at radius 3 is 2.12 bits per heavy atom. The molecular weight excluding hydrogens is 263 g/mol. The van der Waals surface area contributed by atoms with E-state index >= 15 is 0 Å². The monoisotopic (exact) mass is 276 g/mol. The van der Waals surface area contributed by atoms with Crippen LogP contribution in [-0.4, -0.2) is 67.5 Å². The number of hydrogen-bond donors (Lipinski definition) is 6. The standard InChI is InChI=1S/C6H13O8PS/c7-3-2(1-13-15(11,12)16)14-6(10)5(9)4(3)8/h2-10H,1H2,(H2,11,12,16)/t2-,3-,4+,5-,6+/m1/s1. The Labute approximate surface area is 95.9 Å². The van der Waals surface area contributed by atoms with E-state index in [0.29, 0.717) is 0 Å². The molecule has 6 N–H and O–H groups in total. The van der Waals surface area contributed by atoms with Gasteiger partial charge < -0.3 is 39.5 Å². The van der Waals surface area contributed by atoms with E-state index in [2.05, 4.69) is 16.3 Å². The van der Waals surface area contributed by atoms with E-state index in [1.807, 2.05) is 0 Å². The molecule has 1 heterocycles. The summed E-state index contributed by atoms with van der Waals surface area (Å²) >= 11 is 4.16. The molecule has 0 aromatic rings. The molecule has 96 valence electrons. The minimum Gasteiger partial charge on any atom is -0.387 e. The van der Waals surface area contributed by atoms with Gasteiger partial charge in [0.2, 0.25) is 0 Å². The Hall–Kier alpha value is 0.330. The number of rotatable bonds is 3. The molecule has 16 heavy (non-hydrogen) atoms. The summed E-state index contributed by atoms with van der Waals surface area (Å²) in [7, 11) is 0. The highest BCUT2D eigenvalue weighted by Crippen LogP contribution is 2.37. The molecule has 0 unspecified atom stereocenters. The van der Waals surface area contributed by atoms with Gasteiger partial charge in [-0.1, -0.05) is 0 Å². The number of aliphatic hydroxyl groups is 4. The second-order valence-corrected chi connectivity index (χ2v) is 5.99.